The van der Waals surface area contributed by atoms with Gasteiger partial charge in [0.05, 0.1) is 12.2 Å². The minimum Gasteiger partial charge on any atom is -0.475 e. The molecule has 5 atom stereocenters. The monoisotopic (exact) mass is 392 g/mol. The molecular weight excluding hydrogens is 356 g/mol. The molecule has 28 heavy (non-hydrogen) atoms. The summed E-state index contributed by atoms with van der Waals surface area (Å²) < 4.78 is 5.64. The minimum absolute atomic E-state index is 0.0259. The van der Waals surface area contributed by atoms with Crippen LogP contribution in [-0.4, -0.2) is 40.3 Å². The number of ketones is 1. The fourth-order valence-electron chi connectivity index (χ4n) is 5.20. The van der Waals surface area contributed by atoms with E-state index in [0.717, 1.165) is 12.8 Å². The van der Waals surface area contributed by atoms with E-state index in [4.69, 9.17) is 9.84 Å². The molecule has 0 bridgehead atoms. The van der Waals surface area contributed by atoms with Crippen molar-refractivity contribution in [2.24, 2.45) is 17.3 Å². The predicted octanol–water partition coefficient (Wildman–Crippen LogP) is 4.27. The van der Waals surface area contributed by atoms with E-state index in [-0.39, 0.29) is 18.6 Å². The van der Waals surface area contributed by atoms with Crippen LogP contribution in [0.15, 0.2) is 12.2 Å². The molecule has 3 fully saturated rings. The lowest BCUT2D eigenvalue weighted by Gasteiger charge is -2.21. The van der Waals surface area contributed by atoms with Crippen molar-refractivity contribution in [3.8, 4) is 0 Å². The maximum absolute atomic E-state index is 11.3. The molecule has 1 aliphatic heterocycles. The van der Waals surface area contributed by atoms with E-state index in [1.807, 2.05) is 0 Å². The van der Waals surface area contributed by atoms with E-state index in [9.17, 15) is 14.7 Å². The summed E-state index contributed by atoms with van der Waals surface area (Å²) in [5.74, 6) is -1.59. The van der Waals surface area contributed by atoms with Crippen molar-refractivity contribution in [1.29, 1.82) is 0 Å². The van der Waals surface area contributed by atoms with E-state index < -0.39 is 17.9 Å². The van der Waals surface area contributed by atoms with E-state index in [1.54, 1.807) is 0 Å². The predicted molar refractivity (Wildman–Crippen MR) is 107 cm³/mol. The number of aliphatic hydroxyl groups is 1. The number of carbonyl (C=O) groups is 2. The number of rotatable bonds is 13. The Morgan fingerprint density at radius 2 is 1.96 bits per heavy atom. The van der Waals surface area contributed by atoms with Gasteiger partial charge in [0.1, 0.15) is 6.10 Å². The Kier molecular flexibility index (Phi) is 6.98. The fraction of sp³-hybridized carbons (Fsp3) is 0.826. The van der Waals surface area contributed by atoms with Crippen LogP contribution in [0.25, 0.3) is 0 Å². The van der Waals surface area contributed by atoms with Gasteiger partial charge in [0, 0.05) is 6.42 Å². The van der Waals surface area contributed by atoms with Gasteiger partial charge in [-0.2, -0.15) is 0 Å². The summed E-state index contributed by atoms with van der Waals surface area (Å²) in [5.41, 5.74) is 1.98. The summed E-state index contributed by atoms with van der Waals surface area (Å²) in [5, 5.41) is 18.4. The van der Waals surface area contributed by atoms with Crippen molar-refractivity contribution in [2.75, 3.05) is 0 Å². The molecule has 2 saturated carbocycles. The van der Waals surface area contributed by atoms with Crippen LogP contribution in [0.4, 0.5) is 0 Å². The number of hydrogen-bond acceptors (Lipinski definition) is 4. The summed E-state index contributed by atoms with van der Waals surface area (Å²) >= 11 is 0. The van der Waals surface area contributed by atoms with E-state index in [0.29, 0.717) is 17.3 Å². The third-order valence-electron chi connectivity index (χ3n) is 7.37. The van der Waals surface area contributed by atoms with E-state index in [1.165, 1.54) is 63.4 Å². The number of Topliss-reactive ketones (excluding diaryl/α,β-unsaturated/α-hetero) is 1. The first kappa shape index (κ1) is 21.5. The quantitative estimate of drug-likeness (QED) is 0.278. The molecule has 5 nitrogen and oxygen atoms in total. The lowest BCUT2D eigenvalue weighted by Crippen LogP contribution is -2.29. The maximum Gasteiger partial charge on any atom is 0.374 e. The molecule has 2 unspecified atom stereocenters. The van der Waals surface area contributed by atoms with Gasteiger partial charge in [0.15, 0.2) is 0 Å². The van der Waals surface area contributed by atoms with Crippen molar-refractivity contribution in [1.82, 2.24) is 0 Å². The van der Waals surface area contributed by atoms with Crippen LogP contribution < -0.4 is 0 Å². The Morgan fingerprint density at radius 3 is 2.61 bits per heavy atom. The van der Waals surface area contributed by atoms with Crippen molar-refractivity contribution < 1.29 is 24.5 Å². The van der Waals surface area contributed by atoms with Crippen LogP contribution in [0.3, 0.4) is 0 Å². The van der Waals surface area contributed by atoms with Gasteiger partial charge in [0.2, 0.25) is 0 Å². The number of epoxide rings is 1. The van der Waals surface area contributed by atoms with Crippen molar-refractivity contribution in [3.05, 3.63) is 12.2 Å². The summed E-state index contributed by atoms with van der Waals surface area (Å²) in [6.45, 7) is 6.55. The summed E-state index contributed by atoms with van der Waals surface area (Å²) in [6.07, 6.45) is 12.5. The van der Waals surface area contributed by atoms with Crippen LogP contribution in [0.2, 0.25) is 0 Å². The SMILES string of the molecule is C=C1CC[C@H](CCCC2(CCCC)CC2)[C@H]1C[C@H]1OC1CC(O)C(=O)C(=O)O. The molecule has 0 aromatic heterocycles. The molecule has 0 amide bonds. The number of aliphatic hydroxyl groups excluding tert-OH is 1. The maximum atomic E-state index is 11.3. The number of unbranched alkanes of at least 4 members (excludes halogenated alkanes) is 1. The zero-order chi connectivity index (χ0) is 20.3. The second-order valence-corrected chi connectivity index (χ2v) is 9.43. The first-order valence-corrected chi connectivity index (χ1v) is 11.1. The van der Waals surface area contributed by atoms with Gasteiger partial charge in [-0.25, -0.2) is 4.79 Å². The van der Waals surface area contributed by atoms with Crippen molar-refractivity contribution in [2.45, 2.75) is 102 Å². The zero-order valence-corrected chi connectivity index (χ0v) is 17.2. The first-order chi connectivity index (χ1) is 13.3. The molecule has 158 valence electrons. The molecule has 0 spiro atoms. The third kappa shape index (κ3) is 5.44. The van der Waals surface area contributed by atoms with Gasteiger partial charge in [-0.1, -0.05) is 38.3 Å². The Hall–Kier alpha value is -1.20. The topological polar surface area (TPSA) is 87.1 Å². The molecule has 3 aliphatic rings. The standard InChI is InChI=1S/C23H36O5/c1-3-4-9-23(11-12-23)10-5-6-16-8-7-15(2)17(16)13-19-20(28-19)14-18(24)21(25)22(26)27/h16-20,24H,2-14H2,1H3,(H,26,27)/t16-,17-,18?,19+,20?/m0/s1. The van der Waals surface area contributed by atoms with Gasteiger partial charge in [-0.3, -0.25) is 4.79 Å². The number of carboxylic acid groups (broad SMARTS) is 1. The average molecular weight is 393 g/mol. The highest BCUT2D eigenvalue weighted by molar-refractivity contribution is 6.34. The average Bonchev–Trinajstić information content (AvgIpc) is 3.56. The number of ether oxygens (including phenoxy) is 1. The highest BCUT2D eigenvalue weighted by Gasteiger charge is 2.46. The Morgan fingerprint density at radius 1 is 1.25 bits per heavy atom. The smallest absolute Gasteiger partial charge is 0.374 e. The Balaban J connectivity index is 1.40. The Bertz CT molecular complexity index is 594. The molecular formula is C23H36O5. The molecule has 2 N–H and O–H groups in total. The van der Waals surface area contributed by atoms with Gasteiger partial charge < -0.3 is 14.9 Å². The molecule has 5 heteroatoms. The van der Waals surface area contributed by atoms with E-state index in [2.05, 4.69) is 13.5 Å². The molecule has 1 saturated heterocycles. The van der Waals surface area contributed by atoms with Crippen molar-refractivity contribution in [3.63, 3.8) is 0 Å². The largest absolute Gasteiger partial charge is 0.475 e. The van der Waals surface area contributed by atoms with Gasteiger partial charge in [-0.15, -0.1) is 0 Å². The third-order valence-corrected chi connectivity index (χ3v) is 7.37. The molecule has 3 rings (SSSR count). The second kappa shape index (κ2) is 9.08. The molecule has 2 aliphatic carbocycles. The number of carboxylic acids is 1. The van der Waals surface area contributed by atoms with Crippen LogP contribution in [0.1, 0.15) is 84.0 Å². The first-order valence-electron chi connectivity index (χ1n) is 11.1. The van der Waals surface area contributed by atoms with Crippen LogP contribution in [0, 0.1) is 17.3 Å². The van der Waals surface area contributed by atoms with Gasteiger partial charge in [-0.05, 0) is 68.6 Å². The normalized spacial score (nSPS) is 31.6. The zero-order valence-electron chi connectivity index (χ0n) is 17.2. The number of aliphatic carboxylic acids is 1. The minimum atomic E-state index is -1.58. The van der Waals surface area contributed by atoms with Gasteiger partial charge >= 0.3 is 5.97 Å². The Labute approximate surface area is 168 Å². The lowest BCUT2D eigenvalue weighted by molar-refractivity contribution is -0.153. The van der Waals surface area contributed by atoms with Crippen molar-refractivity contribution >= 4 is 11.8 Å². The summed E-state index contributed by atoms with van der Waals surface area (Å²) in [6, 6.07) is 0. The van der Waals surface area contributed by atoms with E-state index >= 15 is 0 Å². The molecule has 0 radical (unpaired) electrons. The fourth-order valence-corrected chi connectivity index (χ4v) is 5.20. The van der Waals surface area contributed by atoms with Crippen LogP contribution in [-0.2, 0) is 14.3 Å². The summed E-state index contributed by atoms with van der Waals surface area (Å²) in [4.78, 5) is 22.0. The molecule has 0 aromatic carbocycles. The molecule has 1 heterocycles. The highest BCUT2D eigenvalue weighted by atomic mass is 16.6. The lowest BCUT2D eigenvalue weighted by atomic mass is 9.83. The van der Waals surface area contributed by atoms with Crippen LogP contribution >= 0.6 is 0 Å². The van der Waals surface area contributed by atoms with Gasteiger partial charge in [0.25, 0.3) is 5.78 Å². The summed E-state index contributed by atoms with van der Waals surface area (Å²) in [7, 11) is 0. The highest BCUT2D eigenvalue weighted by Crippen LogP contribution is 2.54. The number of allylic oxidation sites excluding steroid dienone is 1. The molecule has 0 aromatic rings. The number of hydrogen-bond donors (Lipinski definition) is 2. The van der Waals surface area contributed by atoms with Crippen LogP contribution in [0.5, 0.6) is 0 Å². The number of carbonyl (C=O) groups excluding carboxylic acids is 1. The second-order valence-electron chi connectivity index (χ2n) is 9.43.